The molecule has 0 fully saturated rings. The van der Waals surface area contributed by atoms with Gasteiger partial charge in [0.25, 0.3) is 0 Å². The highest BCUT2D eigenvalue weighted by Crippen LogP contribution is 2.20. The van der Waals surface area contributed by atoms with Gasteiger partial charge in [0.1, 0.15) is 0 Å². The van der Waals surface area contributed by atoms with E-state index in [4.69, 9.17) is 0 Å². The molecule has 0 N–H and O–H groups in total. The van der Waals surface area contributed by atoms with Gasteiger partial charge >= 0.3 is 0 Å². The zero-order valence-corrected chi connectivity index (χ0v) is 12.7. The van der Waals surface area contributed by atoms with Gasteiger partial charge < -0.3 is 4.57 Å². The van der Waals surface area contributed by atoms with Crippen LogP contribution in [0.1, 0.15) is 5.69 Å². The minimum absolute atomic E-state index is 0.822. The quantitative estimate of drug-likeness (QED) is 0.746. The standard InChI is InChI=1S/C16H15N3OS/c1-12-9-14(7-8-17-12)19-10-16(18-11-19)13-3-5-15(6-4-13)21(2)20/h3-11H,1-2H3. The number of hydrogen-bond donors (Lipinski definition) is 0. The van der Waals surface area contributed by atoms with E-state index in [1.165, 1.54) is 0 Å². The highest BCUT2D eigenvalue weighted by Gasteiger charge is 2.05. The van der Waals surface area contributed by atoms with Gasteiger partial charge in [-0.2, -0.15) is 0 Å². The molecule has 3 aromatic rings. The lowest BCUT2D eigenvalue weighted by Gasteiger charge is -2.02. The molecular formula is C16H15N3OS. The van der Waals surface area contributed by atoms with E-state index in [1.54, 1.807) is 18.8 Å². The first kappa shape index (κ1) is 13.7. The first-order valence-electron chi connectivity index (χ1n) is 6.54. The Morgan fingerprint density at radius 2 is 1.86 bits per heavy atom. The summed E-state index contributed by atoms with van der Waals surface area (Å²) in [7, 11) is -0.953. The molecule has 0 saturated carbocycles. The van der Waals surface area contributed by atoms with Crippen LogP contribution in [0.4, 0.5) is 0 Å². The molecule has 106 valence electrons. The van der Waals surface area contributed by atoms with Gasteiger partial charge in [-0.3, -0.25) is 9.19 Å². The molecular weight excluding hydrogens is 282 g/mol. The molecule has 1 unspecified atom stereocenters. The van der Waals surface area contributed by atoms with Crippen molar-refractivity contribution in [3.05, 3.63) is 60.8 Å². The van der Waals surface area contributed by atoms with Crippen molar-refractivity contribution in [1.29, 1.82) is 0 Å². The average molecular weight is 297 g/mol. The second-order valence-electron chi connectivity index (χ2n) is 4.80. The van der Waals surface area contributed by atoms with E-state index in [1.807, 2.05) is 54.1 Å². The predicted molar refractivity (Wildman–Crippen MR) is 83.9 cm³/mol. The topological polar surface area (TPSA) is 47.8 Å². The van der Waals surface area contributed by atoms with E-state index in [2.05, 4.69) is 9.97 Å². The van der Waals surface area contributed by atoms with Crippen molar-refractivity contribution in [1.82, 2.24) is 14.5 Å². The molecule has 0 bridgehead atoms. The van der Waals surface area contributed by atoms with Crippen LogP contribution in [0.25, 0.3) is 16.9 Å². The van der Waals surface area contributed by atoms with Gasteiger partial charge in [0.05, 0.1) is 12.0 Å². The molecule has 4 nitrogen and oxygen atoms in total. The molecule has 21 heavy (non-hydrogen) atoms. The molecule has 5 heteroatoms. The number of aromatic nitrogens is 3. The second kappa shape index (κ2) is 5.61. The number of aryl methyl sites for hydroxylation is 1. The lowest BCUT2D eigenvalue weighted by atomic mass is 10.2. The molecule has 1 atom stereocenters. The van der Waals surface area contributed by atoms with Crippen LogP contribution < -0.4 is 0 Å². The molecule has 0 radical (unpaired) electrons. The fraction of sp³-hybridized carbons (Fsp3) is 0.125. The Hall–Kier alpha value is -2.27. The molecule has 0 aliphatic heterocycles. The van der Waals surface area contributed by atoms with Crippen molar-refractivity contribution in [2.45, 2.75) is 11.8 Å². The molecule has 0 amide bonds. The first-order valence-corrected chi connectivity index (χ1v) is 8.10. The van der Waals surface area contributed by atoms with Crippen LogP contribution in [0.5, 0.6) is 0 Å². The summed E-state index contributed by atoms with van der Waals surface area (Å²) in [5.41, 5.74) is 3.90. The normalized spacial score (nSPS) is 12.3. The third-order valence-electron chi connectivity index (χ3n) is 3.24. The summed E-state index contributed by atoms with van der Waals surface area (Å²) in [5.74, 6) is 0. The molecule has 0 aliphatic rings. The number of imidazole rings is 1. The van der Waals surface area contributed by atoms with E-state index in [0.29, 0.717) is 0 Å². The number of rotatable bonds is 3. The van der Waals surface area contributed by atoms with Gasteiger partial charge in [-0.05, 0) is 31.2 Å². The first-order chi connectivity index (χ1) is 10.1. The Kier molecular flexibility index (Phi) is 3.66. The Morgan fingerprint density at radius 1 is 1.10 bits per heavy atom. The van der Waals surface area contributed by atoms with Gasteiger partial charge in [0.2, 0.25) is 0 Å². The maximum Gasteiger partial charge on any atom is 0.0999 e. The van der Waals surface area contributed by atoms with Crippen LogP contribution >= 0.6 is 0 Å². The van der Waals surface area contributed by atoms with Crippen LogP contribution in [-0.4, -0.2) is 25.0 Å². The summed E-state index contributed by atoms with van der Waals surface area (Å²) in [6.07, 6.45) is 7.23. The summed E-state index contributed by atoms with van der Waals surface area (Å²) in [6, 6.07) is 11.6. The number of nitrogens with zero attached hydrogens (tertiary/aromatic N) is 3. The van der Waals surface area contributed by atoms with E-state index in [-0.39, 0.29) is 0 Å². The highest BCUT2D eigenvalue weighted by molar-refractivity contribution is 7.84. The fourth-order valence-corrected chi connectivity index (χ4v) is 2.64. The summed E-state index contributed by atoms with van der Waals surface area (Å²) < 4.78 is 13.4. The van der Waals surface area contributed by atoms with Gasteiger partial charge in [0, 0.05) is 51.3 Å². The van der Waals surface area contributed by atoms with Crippen LogP contribution in [0.2, 0.25) is 0 Å². The van der Waals surface area contributed by atoms with Crippen LogP contribution in [0.3, 0.4) is 0 Å². The van der Waals surface area contributed by atoms with E-state index in [9.17, 15) is 4.21 Å². The molecule has 0 spiro atoms. The van der Waals surface area contributed by atoms with Crippen molar-refractivity contribution in [2.75, 3.05) is 6.26 Å². The maximum absolute atomic E-state index is 11.4. The molecule has 3 rings (SSSR count). The summed E-state index contributed by atoms with van der Waals surface area (Å²) in [6.45, 7) is 1.96. The van der Waals surface area contributed by atoms with E-state index in [0.717, 1.165) is 27.5 Å². The fourth-order valence-electron chi connectivity index (χ4n) is 2.12. The Balaban J connectivity index is 1.93. The smallest absolute Gasteiger partial charge is 0.0999 e. The minimum Gasteiger partial charge on any atom is -0.306 e. The summed E-state index contributed by atoms with van der Waals surface area (Å²) in [5, 5.41) is 0. The van der Waals surface area contributed by atoms with Crippen molar-refractivity contribution in [2.24, 2.45) is 0 Å². The van der Waals surface area contributed by atoms with Crippen molar-refractivity contribution in [3.63, 3.8) is 0 Å². The van der Waals surface area contributed by atoms with Crippen LogP contribution in [0, 0.1) is 6.92 Å². The van der Waals surface area contributed by atoms with E-state index >= 15 is 0 Å². The lowest BCUT2D eigenvalue weighted by molar-refractivity contribution is 0.687. The largest absolute Gasteiger partial charge is 0.306 e. The zero-order chi connectivity index (χ0) is 14.8. The third kappa shape index (κ3) is 2.92. The number of pyridine rings is 1. The van der Waals surface area contributed by atoms with Crippen LogP contribution in [0.15, 0.2) is 60.0 Å². The average Bonchev–Trinajstić information content (AvgIpc) is 2.97. The minimum atomic E-state index is -0.953. The Morgan fingerprint density at radius 3 is 2.52 bits per heavy atom. The molecule has 0 saturated heterocycles. The maximum atomic E-state index is 11.4. The Labute approximate surface area is 126 Å². The van der Waals surface area contributed by atoms with Crippen molar-refractivity contribution >= 4 is 10.8 Å². The van der Waals surface area contributed by atoms with Gasteiger partial charge in [-0.15, -0.1) is 0 Å². The van der Waals surface area contributed by atoms with Gasteiger partial charge in [0.15, 0.2) is 0 Å². The summed E-state index contributed by atoms with van der Waals surface area (Å²) >= 11 is 0. The third-order valence-corrected chi connectivity index (χ3v) is 4.18. The Bertz CT molecular complexity index is 793. The van der Waals surface area contributed by atoms with Crippen molar-refractivity contribution in [3.8, 4) is 16.9 Å². The molecule has 2 aromatic heterocycles. The SMILES string of the molecule is Cc1cc(-n2cnc(-c3ccc(S(C)=O)cc3)c2)ccn1. The van der Waals surface area contributed by atoms with Crippen molar-refractivity contribution < 1.29 is 4.21 Å². The van der Waals surface area contributed by atoms with Gasteiger partial charge in [-0.1, -0.05) is 12.1 Å². The second-order valence-corrected chi connectivity index (χ2v) is 6.18. The lowest BCUT2D eigenvalue weighted by Crippen LogP contribution is -1.91. The van der Waals surface area contributed by atoms with E-state index < -0.39 is 10.8 Å². The molecule has 1 aromatic carbocycles. The number of hydrogen-bond acceptors (Lipinski definition) is 3. The van der Waals surface area contributed by atoms with Crippen LogP contribution in [-0.2, 0) is 10.8 Å². The van der Waals surface area contributed by atoms with Gasteiger partial charge in [-0.25, -0.2) is 4.98 Å². The molecule has 0 aliphatic carbocycles. The monoisotopic (exact) mass is 297 g/mol. The summed E-state index contributed by atoms with van der Waals surface area (Å²) in [4.78, 5) is 9.45. The molecule has 2 heterocycles. The predicted octanol–water partition coefficient (Wildman–Crippen LogP) is 2.98. The highest BCUT2D eigenvalue weighted by atomic mass is 32.2. The zero-order valence-electron chi connectivity index (χ0n) is 11.9. The number of benzene rings is 1.